The molecule has 0 radical (unpaired) electrons. The Balaban J connectivity index is 1.22. The number of hydrogen-bond donors (Lipinski definition) is 1. The lowest BCUT2D eigenvalue weighted by molar-refractivity contribution is -0.137. The lowest BCUT2D eigenvalue weighted by Crippen LogP contribution is -2.37. The molecule has 12 heteroatoms. The molecule has 1 N–H and O–H groups in total. The van der Waals surface area contributed by atoms with Gasteiger partial charge in [0, 0.05) is 70.7 Å². The quantitative estimate of drug-likeness (QED) is 0.687. The van der Waals surface area contributed by atoms with Crippen molar-refractivity contribution in [2.75, 3.05) is 62.7 Å². The summed E-state index contributed by atoms with van der Waals surface area (Å²) in [6.45, 7) is 6.52. The molecule has 2 aromatic rings. The third-order valence-electron chi connectivity index (χ3n) is 7.01. The van der Waals surface area contributed by atoms with E-state index in [-0.39, 0.29) is 23.8 Å². The van der Waals surface area contributed by atoms with Crippen LogP contribution in [0.4, 0.5) is 29.5 Å². The Bertz CT molecular complexity index is 1120. The molecule has 0 aliphatic carbocycles. The minimum Gasteiger partial charge on any atom is -0.378 e. The standard InChI is InChI=1S/C24H29F3N6O3/c1-16(34)28-22-2-3-33(29-22)23(35)32-14-18-12-30(13-19(18)15-32)11-17-8-20(24(25,26)27)10-21(9-17)31-4-6-36-7-5-31/h2-3,8-10,18-19H,4-7,11-15H2,1H3,(H,28,29,34). The number of ether oxygens (including phenoxy) is 1. The molecular formula is C24H29F3N6O3. The van der Waals surface area contributed by atoms with E-state index in [2.05, 4.69) is 15.3 Å². The summed E-state index contributed by atoms with van der Waals surface area (Å²) in [4.78, 5) is 29.9. The van der Waals surface area contributed by atoms with Crippen molar-refractivity contribution in [2.45, 2.75) is 19.6 Å². The predicted octanol–water partition coefficient (Wildman–Crippen LogP) is 2.73. The highest BCUT2D eigenvalue weighted by Crippen LogP contribution is 2.36. The van der Waals surface area contributed by atoms with Gasteiger partial charge in [-0.15, -0.1) is 5.10 Å². The van der Waals surface area contributed by atoms with Crippen LogP contribution in [0, 0.1) is 11.8 Å². The van der Waals surface area contributed by atoms with Crippen LogP contribution in [-0.2, 0) is 22.3 Å². The van der Waals surface area contributed by atoms with E-state index in [1.54, 1.807) is 11.0 Å². The molecule has 3 aliphatic rings. The van der Waals surface area contributed by atoms with Crippen molar-refractivity contribution < 1.29 is 27.5 Å². The zero-order valence-corrected chi connectivity index (χ0v) is 20.0. The molecule has 0 bridgehead atoms. The molecule has 36 heavy (non-hydrogen) atoms. The summed E-state index contributed by atoms with van der Waals surface area (Å²) in [7, 11) is 0. The average Bonchev–Trinajstić information content (AvgIpc) is 3.53. The SMILES string of the molecule is CC(=O)Nc1ccn(C(=O)N2CC3CN(Cc4cc(N5CCOCC5)cc(C(F)(F)F)c4)CC3C2)n1. The van der Waals surface area contributed by atoms with E-state index >= 15 is 0 Å². The van der Waals surface area contributed by atoms with Crippen LogP contribution < -0.4 is 10.2 Å². The van der Waals surface area contributed by atoms with Crippen LogP contribution in [0.15, 0.2) is 30.5 Å². The lowest BCUT2D eigenvalue weighted by Gasteiger charge is -2.30. The number of rotatable bonds is 4. The fourth-order valence-electron chi connectivity index (χ4n) is 5.39. The van der Waals surface area contributed by atoms with Gasteiger partial charge in [-0.3, -0.25) is 9.69 Å². The van der Waals surface area contributed by atoms with E-state index in [0.29, 0.717) is 76.1 Å². The molecule has 194 valence electrons. The van der Waals surface area contributed by atoms with Crippen molar-refractivity contribution in [1.29, 1.82) is 0 Å². The number of nitrogens with one attached hydrogen (secondary N) is 1. The van der Waals surface area contributed by atoms with Crippen molar-refractivity contribution >= 4 is 23.4 Å². The van der Waals surface area contributed by atoms with Crippen LogP contribution in [-0.4, -0.2) is 84.0 Å². The Morgan fingerprint density at radius 1 is 1.08 bits per heavy atom. The molecule has 4 heterocycles. The maximum absolute atomic E-state index is 13.6. The average molecular weight is 507 g/mol. The van der Waals surface area contributed by atoms with E-state index in [4.69, 9.17) is 4.74 Å². The van der Waals surface area contributed by atoms with Crippen molar-refractivity contribution in [1.82, 2.24) is 19.6 Å². The molecule has 5 rings (SSSR count). The van der Waals surface area contributed by atoms with Crippen LogP contribution in [0.5, 0.6) is 0 Å². The number of anilines is 2. The normalized spacial score (nSPS) is 22.7. The maximum Gasteiger partial charge on any atom is 0.416 e. The summed E-state index contributed by atoms with van der Waals surface area (Å²) in [5.74, 6) is 0.563. The number of alkyl halides is 3. The maximum atomic E-state index is 13.6. The first-order valence-corrected chi connectivity index (χ1v) is 12.0. The summed E-state index contributed by atoms with van der Waals surface area (Å²) in [5, 5.41) is 6.66. The van der Waals surface area contributed by atoms with Gasteiger partial charge in [0.25, 0.3) is 0 Å². The number of morpholine rings is 1. The van der Waals surface area contributed by atoms with E-state index in [9.17, 15) is 22.8 Å². The zero-order valence-electron chi connectivity index (χ0n) is 20.0. The van der Waals surface area contributed by atoms with Gasteiger partial charge in [-0.1, -0.05) is 0 Å². The number of hydrogen-bond acceptors (Lipinski definition) is 6. The van der Waals surface area contributed by atoms with Crippen molar-refractivity contribution in [3.63, 3.8) is 0 Å². The van der Waals surface area contributed by atoms with Gasteiger partial charge in [0.05, 0.1) is 18.8 Å². The summed E-state index contributed by atoms with van der Waals surface area (Å²) >= 11 is 0. The molecule has 0 saturated carbocycles. The van der Waals surface area contributed by atoms with Crippen LogP contribution in [0.2, 0.25) is 0 Å². The van der Waals surface area contributed by atoms with E-state index in [0.717, 1.165) is 0 Å². The van der Waals surface area contributed by atoms with E-state index in [1.165, 1.54) is 29.9 Å². The van der Waals surface area contributed by atoms with Crippen LogP contribution in [0.3, 0.4) is 0 Å². The summed E-state index contributed by atoms with van der Waals surface area (Å²) in [5.41, 5.74) is 0.592. The Kier molecular flexibility index (Phi) is 6.64. The molecule has 2 unspecified atom stereocenters. The summed E-state index contributed by atoms with van der Waals surface area (Å²) < 4.78 is 47.4. The van der Waals surface area contributed by atoms with Gasteiger partial charge in [0.2, 0.25) is 5.91 Å². The number of likely N-dealkylation sites (tertiary alicyclic amines) is 2. The highest BCUT2D eigenvalue weighted by atomic mass is 19.4. The summed E-state index contributed by atoms with van der Waals surface area (Å²) in [6.07, 6.45) is -2.89. The monoisotopic (exact) mass is 506 g/mol. The largest absolute Gasteiger partial charge is 0.416 e. The number of benzene rings is 1. The molecular weight excluding hydrogens is 477 g/mol. The van der Waals surface area contributed by atoms with Crippen molar-refractivity contribution in [3.8, 4) is 0 Å². The number of carbonyl (C=O) groups is 2. The Morgan fingerprint density at radius 2 is 1.78 bits per heavy atom. The van der Waals surface area contributed by atoms with Crippen LogP contribution in [0.1, 0.15) is 18.1 Å². The third kappa shape index (κ3) is 5.34. The Hall–Kier alpha value is -3.12. The molecule has 2 atom stereocenters. The second-order valence-electron chi connectivity index (χ2n) is 9.71. The number of amides is 2. The van der Waals surface area contributed by atoms with E-state index < -0.39 is 11.7 Å². The van der Waals surface area contributed by atoms with Crippen LogP contribution >= 0.6 is 0 Å². The van der Waals surface area contributed by atoms with Crippen LogP contribution in [0.25, 0.3) is 0 Å². The topological polar surface area (TPSA) is 82.9 Å². The zero-order chi connectivity index (χ0) is 25.4. The van der Waals surface area contributed by atoms with Gasteiger partial charge in [0.15, 0.2) is 5.82 Å². The number of fused-ring (bicyclic) bond motifs is 1. The smallest absolute Gasteiger partial charge is 0.378 e. The van der Waals surface area contributed by atoms with Gasteiger partial charge in [0.1, 0.15) is 0 Å². The highest BCUT2D eigenvalue weighted by molar-refractivity contribution is 5.88. The molecule has 1 aromatic heterocycles. The molecule has 3 aliphatic heterocycles. The van der Waals surface area contributed by atoms with Gasteiger partial charge in [-0.25, -0.2) is 4.79 Å². The second kappa shape index (κ2) is 9.74. The fourth-order valence-corrected chi connectivity index (χ4v) is 5.39. The lowest BCUT2D eigenvalue weighted by atomic mass is 10.0. The summed E-state index contributed by atoms with van der Waals surface area (Å²) in [6, 6.07) is 5.65. The number of halogens is 3. The van der Waals surface area contributed by atoms with E-state index in [1.807, 2.05) is 11.0 Å². The number of aromatic nitrogens is 2. The second-order valence-corrected chi connectivity index (χ2v) is 9.71. The third-order valence-corrected chi connectivity index (χ3v) is 7.01. The van der Waals surface area contributed by atoms with Gasteiger partial charge in [-0.2, -0.15) is 17.9 Å². The number of carbonyl (C=O) groups excluding carboxylic acids is 2. The number of nitrogens with zero attached hydrogens (tertiary/aromatic N) is 5. The molecule has 2 amide bonds. The van der Waals surface area contributed by atoms with Gasteiger partial charge < -0.3 is 19.9 Å². The molecule has 1 aromatic carbocycles. The predicted molar refractivity (Wildman–Crippen MR) is 126 cm³/mol. The highest BCUT2D eigenvalue weighted by Gasteiger charge is 2.42. The Morgan fingerprint density at radius 3 is 2.42 bits per heavy atom. The van der Waals surface area contributed by atoms with Crippen molar-refractivity contribution in [3.05, 3.63) is 41.6 Å². The molecule has 3 fully saturated rings. The first-order valence-electron chi connectivity index (χ1n) is 12.0. The van der Waals surface area contributed by atoms with Gasteiger partial charge in [-0.05, 0) is 35.6 Å². The fraction of sp³-hybridized carbons (Fsp3) is 0.542. The molecule has 9 nitrogen and oxygen atoms in total. The molecule has 0 spiro atoms. The molecule has 3 saturated heterocycles. The minimum absolute atomic E-state index is 0.249. The Labute approximate surface area is 206 Å². The van der Waals surface area contributed by atoms with Crippen molar-refractivity contribution in [2.24, 2.45) is 11.8 Å². The minimum atomic E-state index is -4.41. The first-order chi connectivity index (χ1) is 17.2. The first kappa shape index (κ1) is 24.6. The van der Waals surface area contributed by atoms with Gasteiger partial charge >= 0.3 is 12.2 Å².